The summed E-state index contributed by atoms with van der Waals surface area (Å²) in [4.78, 5) is 29.6. The Kier molecular flexibility index (Phi) is 6.27. The smallest absolute Gasteiger partial charge is 0.249 e. The minimum Gasteiger partial charge on any atom is -0.351 e. The van der Waals surface area contributed by atoms with E-state index in [9.17, 15) is 9.59 Å². The Morgan fingerprint density at radius 3 is 2.72 bits per heavy atom. The van der Waals surface area contributed by atoms with Gasteiger partial charge in [-0.3, -0.25) is 14.5 Å². The highest BCUT2D eigenvalue weighted by molar-refractivity contribution is 7.08. The van der Waals surface area contributed by atoms with Crippen LogP contribution in [0.2, 0.25) is 0 Å². The van der Waals surface area contributed by atoms with Crippen LogP contribution in [-0.4, -0.2) is 32.9 Å². The van der Waals surface area contributed by atoms with Crippen LogP contribution in [-0.2, 0) is 29.0 Å². The fraction of sp³-hybridized carbons (Fsp3) is 0.357. The van der Waals surface area contributed by atoms with Crippen LogP contribution in [0, 0.1) is 0 Å². The van der Waals surface area contributed by atoms with Crippen LogP contribution in [0.1, 0.15) is 54.8 Å². The lowest BCUT2D eigenvalue weighted by Crippen LogP contribution is -2.47. The van der Waals surface area contributed by atoms with Crippen molar-refractivity contribution in [1.82, 2.24) is 20.3 Å². The van der Waals surface area contributed by atoms with E-state index in [2.05, 4.69) is 27.8 Å². The summed E-state index contributed by atoms with van der Waals surface area (Å²) in [5.41, 5.74) is 5.70. The number of hydrogen-bond acceptors (Lipinski definition) is 5. The van der Waals surface area contributed by atoms with Crippen LogP contribution in [0.3, 0.4) is 0 Å². The number of thiophene rings is 1. The molecule has 7 nitrogen and oxygen atoms in total. The van der Waals surface area contributed by atoms with Gasteiger partial charge in [0, 0.05) is 11.7 Å². The van der Waals surface area contributed by atoms with Gasteiger partial charge in [-0.15, -0.1) is 5.10 Å². The fourth-order valence-electron chi connectivity index (χ4n) is 5.58. The second-order valence-electron chi connectivity index (χ2n) is 9.76. The Hall–Kier alpha value is -3.52. The van der Waals surface area contributed by atoms with E-state index in [1.807, 2.05) is 47.2 Å². The van der Waals surface area contributed by atoms with Crippen molar-refractivity contribution in [2.24, 2.45) is 0 Å². The molecule has 0 aliphatic heterocycles. The van der Waals surface area contributed by atoms with Crippen molar-refractivity contribution in [2.45, 2.75) is 63.6 Å². The van der Waals surface area contributed by atoms with E-state index in [0.717, 1.165) is 67.2 Å². The van der Waals surface area contributed by atoms with Gasteiger partial charge >= 0.3 is 0 Å². The second-order valence-corrected chi connectivity index (χ2v) is 10.5. The highest BCUT2D eigenvalue weighted by atomic mass is 32.1. The molecule has 1 atom stereocenters. The molecule has 2 heterocycles. The molecule has 1 fully saturated rings. The highest BCUT2D eigenvalue weighted by Gasteiger charge is 2.35. The zero-order chi connectivity index (χ0) is 24.5. The molecule has 6 rings (SSSR count). The summed E-state index contributed by atoms with van der Waals surface area (Å²) < 4.78 is 1.62. The number of amides is 2. The van der Waals surface area contributed by atoms with Crippen LogP contribution in [0.25, 0.3) is 11.0 Å². The number of aromatic nitrogens is 3. The number of carbonyl (C=O) groups excluding carboxylic acids is 2. The Morgan fingerprint density at radius 1 is 1.06 bits per heavy atom. The largest absolute Gasteiger partial charge is 0.351 e. The van der Waals surface area contributed by atoms with Crippen molar-refractivity contribution in [3.8, 4) is 0 Å². The summed E-state index contributed by atoms with van der Waals surface area (Å²) in [5, 5.41) is 15.6. The first-order valence-corrected chi connectivity index (χ1v) is 13.7. The molecule has 2 aromatic carbocycles. The Balaban J connectivity index is 1.40. The number of carbonyl (C=O) groups is 2. The molecule has 0 spiro atoms. The van der Waals surface area contributed by atoms with E-state index in [0.29, 0.717) is 0 Å². The van der Waals surface area contributed by atoms with Crippen LogP contribution >= 0.6 is 11.3 Å². The maximum Gasteiger partial charge on any atom is 0.249 e. The number of benzene rings is 2. The lowest BCUT2D eigenvalue weighted by molar-refractivity contribution is -0.127. The number of hydrogen-bond donors (Lipinski definition) is 1. The highest BCUT2D eigenvalue weighted by Crippen LogP contribution is 2.34. The van der Waals surface area contributed by atoms with Gasteiger partial charge in [0.1, 0.15) is 18.1 Å². The normalized spacial score (nSPS) is 16.2. The quantitative estimate of drug-likeness (QED) is 0.396. The molecule has 1 unspecified atom stereocenters. The number of nitrogens with zero attached hydrogens (tertiary/aromatic N) is 4. The van der Waals surface area contributed by atoms with Gasteiger partial charge in [0.05, 0.1) is 5.52 Å². The number of aryl methyl sites for hydroxylation is 2. The molecular formula is C28H29N5O2S. The molecule has 4 aromatic rings. The molecule has 2 aromatic heterocycles. The molecule has 2 aliphatic carbocycles. The zero-order valence-corrected chi connectivity index (χ0v) is 20.9. The standard InChI is InChI=1S/C28H29N5O2S/c34-26(17-32-25-11-4-3-10-24(25)30-31-32)33(23-13-12-19-6-5-7-20(19)16-23)27(21-14-15-36-18-21)28(35)29-22-8-1-2-9-22/h3-4,10-16,18,22,27H,1-2,5-9,17H2,(H,29,35). The zero-order valence-electron chi connectivity index (χ0n) is 20.1. The van der Waals surface area contributed by atoms with Crippen molar-refractivity contribution in [1.29, 1.82) is 0 Å². The van der Waals surface area contributed by atoms with Crippen LogP contribution in [0.15, 0.2) is 59.3 Å². The first-order chi connectivity index (χ1) is 17.7. The minimum atomic E-state index is -0.751. The molecule has 2 aliphatic rings. The van der Waals surface area contributed by atoms with E-state index in [-0.39, 0.29) is 24.4 Å². The minimum absolute atomic E-state index is 0.00502. The third-order valence-electron chi connectivity index (χ3n) is 7.40. The van der Waals surface area contributed by atoms with Gasteiger partial charge in [-0.25, -0.2) is 4.68 Å². The van der Waals surface area contributed by atoms with Gasteiger partial charge in [0.15, 0.2) is 0 Å². The SMILES string of the molecule is O=C(NC1CCCC1)C(c1ccsc1)N(C(=O)Cn1nnc2ccccc21)c1ccc2c(c1)CCC2. The number of fused-ring (bicyclic) bond motifs is 2. The molecule has 2 amide bonds. The Labute approximate surface area is 214 Å². The van der Waals surface area contributed by atoms with E-state index in [4.69, 9.17) is 0 Å². The van der Waals surface area contributed by atoms with E-state index < -0.39 is 6.04 Å². The summed E-state index contributed by atoms with van der Waals surface area (Å²) >= 11 is 1.53. The summed E-state index contributed by atoms with van der Waals surface area (Å²) in [6, 6.07) is 15.2. The fourth-order valence-corrected chi connectivity index (χ4v) is 6.26. The van der Waals surface area contributed by atoms with Crippen molar-refractivity contribution in [3.63, 3.8) is 0 Å². The number of anilines is 1. The monoisotopic (exact) mass is 499 g/mol. The number of rotatable bonds is 7. The average molecular weight is 500 g/mol. The summed E-state index contributed by atoms with van der Waals surface area (Å²) in [5.74, 6) is -0.320. The molecule has 0 bridgehead atoms. The molecule has 36 heavy (non-hydrogen) atoms. The van der Waals surface area contributed by atoms with E-state index >= 15 is 0 Å². The molecule has 0 saturated heterocycles. The predicted octanol–water partition coefficient (Wildman–Crippen LogP) is 4.81. The Morgan fingerprint density at radius 2 is 1.89 bits per heavy atom. The third kappa shape index (κ3) is 4.41. The molecule has 0 radical (unpaired) electrons. The summed E-state index contributed by atoms with van der Waals surface area (Å²) in [6.07, 6.45) is 7.40. The van der Waals surface area contributed by atoms with Gasteiger partial charge in [0.25, 0.3) is 0 Å². The first-order valence-electron chi connectivity index (χ1n) is 12.7. The number of para-hydroxylation sites is 1. The predicted molar refractivity (Wildman–Crippen MR) is 141 cm³/mol. The molecule has 1 N–H and O–H groups in total. The Bertz CT molecular complexity index is 1390. The van der Waals surface area contributed by atoms with Gasteiger partial charge in [-0.2, -0.15) is 11.3 Å². The first kappa shape index (κ1) is 22.9. The van der Waals surface area contributed by atoms with Crippen molar-refractivity contribution < 1.29 is 9.59 Å². The maximum atomic E-state index is 14.1. The molecule has 184 valence electrons. The summed E-state index contributed by atoms with van der Waals surface area (Å²) in [6.45, 7) is -0.00502. The van der Waals surface area contributed by atoms with E-state index in [1.165, 1.54) is 22.5 Å². The van der Waals surface area contributed by atoms with Crippen molar-refractivity contribution in [3.05, 3.63) is 76.0 Å². The molecular weight excluding hydrogens is 470 g/mol. The van der Waals surface area contributed by atoms with Gasteiger partial charge < -0.3 is 5.32 Å². The van der Waals surface area contributed by atoms with Crippen molar-refractivity contribution >= 4 is 39.9 Å². The van der Waals surface area contributed by atoms with Gasteiger partial charge in [0.2, 0.25) is 11.8 Å². The second kappa shape index (κ2) is 9.85. The third-order valence-corrected chi connectivity index (χ3v) is 8.10. The van der Waals surface area contributed by atoms with Gasteiger partial charge in [-0.05, 0) is 89.9 Å². The van der Waals surface area contributed by atoms with Crippen LogP contribution in [0.5, 0.6) is 0 Å². The summed E-state index contributed by atoms with van der Waals surface area (Å²) in [7, 11) is 0. The average Bonchev–Trinajstić information content (AvgIpc) is 3.70. The lowest BCUT2D eigenvalue weighted by atomic mass is 10.0. The lowest BCUT2D eigenvalue weighted by Gasteiger charge is -2.32. The topological polar surface area (TPSA) is 80.1 Å². The molecule has 1 saturated carbocycles. The van der Waals surface area contributed by atoms with Crippen LogP contribution < -0.4 is 10.2 Å². The van der Waals surface area contributed by atoms with E-state index in [1.54, 1.807) is 9.58 Å². The van der Waals surface area contributed by atoms with Gasteiger partial charge in [-0.1, -0.05) is 36.3 Å². The number of nitrogens with one attached hydrogen (secondary N) is 1. The van der Waals surface area contributed by atoms with Crippen molar-refractivity contribution in [2.75, 3.05) is 4.90 Å². The van der Waals surface area contributed by atoms with Crippen LogP contribution in [0.4, 0.5) is 5.69 Å². The molecule has 8 heteroatoms. The maximum absolute atomic E-state index is 14.1.